The number of hydrogen-bond acceptors (Lipinski definition) is 4. The van der Waals surface area contributed by atoms with Crippen molar-refractivity contribution >= 4 is 28.3 Å². The van der Waals surface area contributed by atoms with Crippen molar-refractivity contribution < 1.29 is 4.74 Å². The summed E-state index contributed by atoms with van der Waals surface area (Å²) in [6.07, 6.45) is 0. The van der Waals surface area contributed by atoms with Gasteiger partial charge in [-0.2, -0.15) is 0 Å². The number of nitrogens with zero attached hydrogens (tertiary/aromatic N) is 2. The summed E-state index contributed by atoms with van der Waals surface area (Å²) in [5.74, 6) is 2.30. The third-order valence-electron chi connectivity index (χ3n) is 2.85. The standard InChI is InChI=1S/C15H12ClN3O/c1-9-18-12-6-3-7-13(14(12)15(17)19-9)20-11-5-2-4-10(16)8-11/h2-8H,1H3,(H2,17,18,19). The normalized spacial score (nSPS) is 10.7. The fourth-order valence-electron chi connectivity index (χ4n) is 2.04. The molecular formula is C15H12ClN3O. The molecule has 1 aromatic heterocycles. The first-order valence-electron chi connectivity index (χ1n) is 6.10. The van der Waals surface area contributed by atoms with E-state index in [0.717, 1.165) is 5.52 Å². The van der Waals surface area contributed by atoms with Crippen molar-refractivity contribution in [1.29, 1.82) is 0 Å². The Morgan fingerprint density at radius 3 is 2.70 bits per heavy atom. The SMILES string of the molecule is Cc1nc(N)c2c(Oc3cccc(Cl)c3)cccc2n1. The Morgan fingerprint density at radius 2 is 1.90 bits per heavy atom. The summed E-state index contributed by atoms with van der Waals surface area (Å²) in [5.41, 5.74) is 6.74. The van der Waals surface area contributed by atoms with Crippen LogP contribution in [0.25, 0.3) is 10.9 Å². The first-order valence-corrected chi connectivity index (χ1v) is 6.47. The second kappa shape index (κ2) is 4.98. The first-order chi connectivity index (χ1) is 9.63. The Hall–Kier alpha value is -2.33. The second-order valence-corrected chi connectivity index (χ2v) is 4.80. The van der Waals surface area contributed by atoms with Gasteiger partial charge in [0.1, 0.15) is 23.1 Å². The van der Waals surface area contributed by atoms with E-state index in [0.29, 0.717) is 33.6 Å². The van der Waals surface area contributed by atoms with E-state index in [1.54, 1.807) is 19.1 Å². The van der Waals surface area contributed by atoms with Crippen LogP contribution in [0.2, 0.25) is 5.02 Å². The van der Waals surface area contributed by atoms with Gasteiger partial charge in [-0.3, -0.25) is 0 Å². The number of nitrogen functional groups attached to an aromatic ring is 1. The van der Waals surface area contributed by atoms with Gasteiger partial charge < -0.3 is 10.5 Å². The van der Waals surface area contributed by atoms with Crippen LogP contribution in [0.15, 0.2) is 42.5 Å². The van der Waals surface area contributed by atoms with Gasteiger partial charge in [-0.05, 0) is 37.3 Å². The fraction of sp³-hybridized carbons (Fsp3) is 0.0667. The van der Waals surface area contributed by atoms with Gasteiger partial charge in [-0.1, -0.05) is 23.7 Å². The molecule has 0 spiro atoms. The molecule has 0 fully saturated rings. The average Bonchev–Trinajstić information content (AvgIpc) is 2.38. The van der Waals surface area contributed by atoms with Gasteiger partial charge in [0.2, 0.25) is 0 Å². The van der Waals surface area contributed by atoms with Crippen molar-refractivity contribution in [2.45, 2.75) is 6.92 Å². The van der Waals surface area contributed by atoms with Crippen LogP contribution in [0, 0.1) is 6.92 Å². The number of aromatic nitrogens is 2. The average molecular weight is 286 g/mol. The maximum atomic E-state index is 5.98. The molecule has 2 N–H and O–H groups in total. The highest BCUT2D eigenvalue weighted by molar-refractivity contribution is 6.30. The smallest absolute Gasteiger partial charge is 0.140 e. The van der Waals surface area contributed by atoms with E-state index in [1.165, 1.54) is 0 Å². The van der Waals surface area contributed by atoms with Crippen molar-refractivity contribution in [2.24, 2.45) is 0 Å². The van der Waals surface area contributed by atoms with Crippen molar-refractivity contribution in [3.05, 3.63) is 53.3 Å². The molecule has 0 aliphatic carbocycles. The Balaban J connectivity index is 2.12. The minimum absolute atomic E-state index is 0.408. The number of ether oxygens (including phenoxy) is 1. The largest absolute Gasteiger partial charge is 0.456 e. The molecule has 100 valence electrons. The third-order valence-corrected chi connectivity index (χ3v) is 3.08. The molecule has 20 heavy (non-hydrogen) atoms. The quantitative estimate of drug-likeness (QED) is 0.774. The zero-order chi connectivity index (χ0) is 14.1. The second-order valence-electron chi connectivity index (χ2n) is 4.37. The Labute approximate surface area is 121 Å². The van der Waals surface area contributed by atoms with Gasteiger partial charge in [-0.25, -0.2) is 9.97 Å². The van der Waals surface area contributed by atoms with E-state index < -0.39 is 0 Å². The van der Waals surface area contributed by atoms with Crippen LogP contribution in [-0.2, 0) is 0 Å². The van der Waals surface area contributed by atoms with E-state index in [9.17, 15) is 0 Å². The summed E-state index contributed by atoms with van der Waals surface area (Å²) in [5, 5.41) is 1.32. The maximum absolute atomic E-state index is 5.98. The number of halogens is 1. The Bertz CT molecular complexity index is 789. The number of benzene rings is 2. The Morgan fingerprint density at radius 1 is 1.10 bits per heavy atom. The lowest BCUT2D eigenvalue weighted by atomic mass is 10.2. The molecule has 2 aromatic carbocycles. The number of anilines is 1. The molecule has 5 heteroatoms. The summed E-state index contributed by atoms with van der Waals surface area (Å²) in [6, 6.07) is 12.8. The predicted octanol–water partition coefficient (Wildman–Crippen LogP) is 3.97. The van der Waals surface area contributed by atoms with Gasteiger partial charge in [-0.15, -0.1) is 0 Å². The summed E-state index contributed by atoms with van der Waals surface area (Å²) in [4.78, 5) is 8.54. The number of rotatable bonds is 2. The van der Waals surface area contributed by atoms with E-state index >= 15 is 0 Å². The summed E-state index contributed by atoms with van der Waals surface area (Å²) in [6.45, 7) is 1.81. The molecule has 3 rings (SSSR count). The van der Waals surface area contributed by atoms with Crippen molar-refractivity contribution in [1.82, 2.24) is 9.97 Å². The van der Waals surface area contributed by atoms with E-state index in [4.69, 9.17) is 22.1 Å². The molecule has 0 bridgehead atoms. The molecule has 0 amide bonds. The number of nitrogens with two attached hydrogens (primary N) is 1. The molecule has 0 saturated carbocycles. The third kappa shape index (κ3) is 2.38. The van der Waals surface area contributed by atoms with Crippen LogP contribution < -0.4 is 10.5 Å². The fourth-order valence-corrected chi connectivity index (χ4v) is 2.22. The molecule has 0 atom stereocenters. The summed E-state index contributed by atoms with van der Waals surface area (Å²) in [7, 11) is 0. The van der Waals surface area contributed by atoms with Gasteiger partial charge in [0.25, 0.3) is 0 Å². The maximum Gasteiger partial charge on any atom is 0.140 e. The highest BCUT2D eigenvalue weighted by Gasteiger charge is 2.10. The molecule has 0 radical (unpaired) electrons. The molecule has 0 aliphatic rings. The zero-order valence-corrected chi connectivity index (χ0v) is 11.6. The first kappa shape index (κ1) is 12.7. The topological polar surface area (TPSA) is 61.0 Å². The summed E-state index contributed by atoms with van der Waals surface area (Å²) >= 11 is 5.95. The molecule has 1 heterocycles. The minimum atomic E-state index is 0.408. The van der Waals surface area contributed by atoms with Gasteiger partial charge >= 0.3 is 0 Å². The van der Waals surface area contributed by atoms with E-state index in [1.807, 2.05) is 30.3 Å². The number of fused-ring (bicyclic) bond motifs is 1. The molecular weight excluding hydrogens is 274 g/mol. The molecule has 0 saturated heterocycles. The zero-order valence-electron chi connectivity index (χ0n) is 10.8. The lowest BCUT2D eigenvalue weighted by Crippen LogP contribution is -1.98. The van der Waals surface area contributed by atoms with Crippen LogP contribution in [-0.4, -0.2) is 9.97 Å². The van der Waals surface area contributed by atoms with Gasteiger partial charge in [0.05, 0.1) is 10.9 Å². The van der Waals surface area contributed by atoms with Gasteiger partial charge in [0.15, 0.2) is 0 Å². The van der Waals surface area contributed by atoms with Crippen molar-refractivity contribution in [2.75, 3.05) is 5.73 Å². The molecule has 0 unspecified atom stereocenters. The minimum Gasteiger partial charge on any atom is -0.456 e. The number of aryl methyl sites for hydroxylation is 1. The van der Waals surface area contributed by atoms with E-state index in [-0.39, 0.29) is 0 Å². The van der Waals surface area contributed by atoms with Gasteiger partial charge in [0, 0.05) is 5.02 Å². The number of hydrogen-bond donors (Lipinski definition) is 1. The van der Waals surface area contributed by atoms with Crippen LogP contribution >= 0.6 is 11.6 Å². The highest BCUT2D eigenvalue weighted by Crippen LogP contribution is 2.32. The molecule has 4 nitrogen and oxygen atoms in total. The highest BCUT2D eigenvalue weighted by atomic mass is 35.5. The van der Waals surface area contributed by atoms with Crippen LogP contribution in [0.4, 0.5) is 5.82 Å². The van der Waals surface area contributed by atoms with Crippen LogP contribution in [0.1, 0.15) is 5.82 Å². The van der Waals surface area contributed by atoms with E-state index in [2.05, 4.69) is 9.97 Å². The Kier molecular flexibility index (Phi) is 3.16. The summed E-state index contributed by atoms with van der Waals surface area (Å²) < 4.78 is 5.85. The van der Waals surface area contributed by atoms with Crippen LogP contribution in [0.3, 0.4) is 0 Å². The molecule has 3 aromatic rings. The van der Waals surface area contributed by atoms with Crippen molar-refractivity contribution in [3.8, 4) is 11.5 Å². The lowest BCUT2D eigenvalue weighted by Gasteiger charge is -2.10. The monoisotopic (exact) mass is 285 g/mol. The van der Waals surface area contributed by atoms with Crippen molar-refractivity contribution in [3.63, 3.8) is 0 Å². The lowest BCUT2D eigenvalue weighted by molar-refractivity contribution is 0.488. The van der Waals surface area contributed by atoms with Crippen LogP contribution in [0.5, 0.6) is 11.5 Å². The predicted molar refractivity (Wildman–Crippen MR) is 80.2 cm³/mol. The molecule has 0 aliphatic heterocycles.